The number of H-pyrrole nitrogens is 1. The van der Waals surface area contributed by atoms with E-state index in [1.54, 1.807) is 13.8 Å². The highest BCUT2D eigenvalue weighted by Crippen LogP contribution is 2.08. The molecule has 2 aromatic rings. The molecule has 1 aromatic heterocycles. The lowest BCUT2D eigenvalue weighted by molar-refractivity contribution is -0.143. The average Bonchev–Trinajstić information content (AvgIpc) is 3.37. The Morgan fingerprint density at radius 1 is 0.921 bits per heavy atom. The van der Waals surface area contributed by atoms with E-state index >= 15 is 0 Å². The predicted molar refractivity (Wildman–Crippen MR) is 136 cm³/mol. The molecule has 13 heteroatoms. The van der Waals surface area contributed by atoms with Crippen LogP contribution in [-0.2, 0) is 36.8 Å². The molecular formula is C25H34N6O7. The van der Waals surface area contributed by atoms with E-state index in [1.807, 2.05) is 30.3 Å². The first-order valence-corrected chi connectivity index (χ1v) is 12.1. The van der Waals surface area contributed by atoms with Crippen molar-refractivity contribution in [3.63, 3.8) is 0 Å². The molecule has 206 valence electrons. The minimum Gasteiger partial charge on any atom is -0.481 e. The summed E-state index contributed by atoms with van der Waals surface area (Å²) in [5.74, 6) is -5.05. The number of nitrogens with two attached hydrogens (primary N) is 1. The molecule has 4 unspecified atom stereocenters. The second-order valence-corrected chi connectivity index (χ2v) is 9.20. The van der Waals surface area contributed by atoms with Gasteiger partial charge >= 0.3 is 11.9 Å². The van der Waals surface area contributed by atoms with Gasteiger partial charge in [0.05, 0.1) is 12.4 Å². The van der Waals surface area contributed by atoms with E-state index in [0.717, 1.165) is 5.56 Å². The third-order valence-electron chi connectivity index (χ3n) is 5.76. The van der Waals surface area contributed by atoms with E-state index in [0.29, 0.717) is 5.69 Å². The summed E-state index contributed by atoms with van der Waals surface area (Å²) in [6.07, 6.45) is 2.21. The van der Waals surface area contributed by atoms with Gasteiger partial charge in [0.2, 0.25) is 17.7 Å². The van der Waals surface area contributed by atoms with Crippen LogP contribution < -0.4 is 21.7 Å². The smallest absolute Gasteiger partial charge is 0.326 e. The summed E-state index contributed by atoms with van der Waals surface area (Å²) in [4.78, 5) is 68.1. The normalized spacial score (nSPS) is 14.1. The Morgan fingerprint density at radius 3 is 2.13 bits per heavy atom. The minimum atomic E-state index is -1.48. The van der Waals surface area contributed by atoms with Gasteiger partial charge in [-0.25, -0.2) is 9.78 Å². The van der Waals surface area contributed by atoms with E-state index in [2.05, 4.69) is 25.9 Å². The maximum absolute atomic E-state index is 13.2. The molecule has 0 spiro atoms. The van der Waals surface area contributed by atoms with Gasteiger partial charge in [-0.3, -0.25) is 19.2 Å². The monoisotopic (exact) mass is 530 g/mol. The molecule has 0 aliphatic carbocycles. The molecule has 2 rings (SSSR count). The van der Waals surface area contributed by atoms with Crippen LogP contribution in [0.4, 0.5) is 0 Å². The van der Waals surface area contributed by atoms with Gasteiger partial charge in [-0.15, -0.1) is 0 Å². The van der Waals surface area contributed by atoms with Crippen LogP contribution in [0.3, 0.4) is 0 Å². The van der Waals surface area contributed by atoms with Gasteiger partial charge in [0.15, 0.2) is 0 Å². The zero-order chi connectivity index (χ0) is 28.2. The number of aromatic nitrogens is 2. The molecule has 0 aliphatic heterocycles. The summed E-state index contributed by atoms with van der Waals surface area (Å²) in [5.41, 5.74) is 7.39. The van der Waals surface area contributed by atoms with Gasteiger partial charge in [0, 0.05) is 24.7 Å². The molecule has 0 radical (unpaired) electrons. The minimum absolute atomic E-state index is 0.0604. The summed E-state index contributed by atoms with van der Waals surface area (Å²) >= 11 is 0. The number of carbonyl (C=O) groups is 5. The summed E-state index contributed by atoms with van der Waals surface area (Å²) in [6.45, 7) is 3.42. The summed E-state index contributed by atoms with van der Waals surface area (Å²) in [5, 5.41) is 25.8. The molecule has 0 bridgehead atoms. The van der Waals surface area contributed by atoms with Crippen molar-refractivity contribution in [2.45, 2.75) is 63.7 Å². The third-order valence-corrected chi connectivity index (χ3v) is 5.76. The Labute approximate surface area is 219 Å². The molecule has 13 nitrogen and oxygen atoms in total. The molecule has 0 saturated carbocycles. The van der Waals surface area contributed by atoms with Crippen molar-refractivity contribution in [1.82, 2.24) is 25.9 Å². The van der Waals surface area contributed by atoms with E-state index in [-0.39, 0.29) is 25.2 Å². The Balaban J connectivity index is 2.14. The van der Waals surface area contributed by atoms with Crippen molar-refractivity contribution in [2.24, 2.45) is 11.7 Å². The lowest BCUT2D eigenvalue weighted by Gasteiger charge is -2.27. The zero-order valence-corrected chi connectivity index (χ0v) is 21.2. The average molecular weight is 531 g/mol. The van der Waals surface area contributed by atoms with Crippen molar-refractivity contribution in [1.29, 1.82) is 0 Å². The van der Waals surface area contributed by atoms with E-state index < -0.39 is 60.2 Å². The molecule has 38 heavy (non-hydrogen) atoms. The summed E-state index contributed by atoms with van der Waals surface area (Å²) < 4.78 is 0. The highest BCUT2D eigenvalue weighted by atomic mass is 16.4. The number of rotatable bonds is 15. The Kier molecular flexibility index (Phi) is 11.4. The molecule has 1 heterocycles. The fraction of sp³-hybridized carbons (Fsp3) is 0.440. The first kappa shape index (κ1) is 30.0. The van der Waals surface area contributed by atoms with Crippen LogP contribution in [0, 0.1) is 5.92 Å². The molecule has 3 amide bonds. The maximum Gasteiger partial charge on any atom is 0.326 e. The predicted octanol–water partition coefficient (Wildman–Crippen LogP) is -0.418. The number of carbonyl (C=O) groups excluding carboxylic acids is 3. The van der Waals surface area contributed by atoms with Crippen LogP contribution in [0.2, 0.25) is 0 Å². The largest absolute Gasteiger partial charge is 0.481 e. The second-order valence-electron chi connectivity index (χ2n) is 9.20. The van der Waals surface area contributed by atoms with E-state index in [4.69, 9.17) is 10.8 Å². The number of aromatic amines is 1. The van der Waals surface area contributed by atoms with Gasteiger partial charge in [-0.2, -0.15) is 0 Å². The summed E-state index contributed by atoms with van der Waals surface area (Å²) in [6, 6.07) is 4.48. The SMILES string of the molecule is CC(C)C(NC(=O)C(N)Cc1ccccc1)C(=O)NC(Cc1cnc[nH]1)C(=O)NC(CCC(=O)O)C(=O)O. The number of carboxylic acids is 2. The number of imidazole rings is 1. The van der Waals surface area contributed by atoms with Crippen LogP contribution in [-0.4, -0.2) is 74.0 Å². The van der Waals surface area contributed by atoms with Crippen molar-refractivity contribution >= 4 is 29.7 Å². The van der Waals surface area contributed by atoms with Gasteiger partial charge in [-0.1, -0.05) is 44.2 Å². The number of hydrogen-bond acceptors (Lipinski definition) is 7. The molecular weight excluding hydrogens is 496 g/mol. The van der Waals surface area contributed by atoms with E-state index in [9.17, 15) is 29.1 Å². The van der Waals surface area contributed by atoms with Crippen LogP contribution in [0.5, 0.6) is 0 Å². The van der Waals surface area contributed by atoms with Crippen LogP contribution in [0.1, 0.15) is 37.9 Å². The van der Waals surface area contributed by atoms with Crippen LogP contribution in [0.25, 0.3) is 0 Å². The third kappa shape index (κ3) is 9.65. The quantitative estimate of drug-likeness (QED) is 0.159. The number of nitrogens with one attached hydrogen (secondary N) is 4. The zero-order valence-electron chi connectivity index (χ0n) is 21.2. The van der Waals surface area contributed by atoms with Crippen LogP contribution >= 0.6 is 0 Å². The lowest BCUT2D eigenvalue weighted by Crippen LogP contribution is -2.59. The fourth-order valence-corrected chi connectivity index (χ4v) is 3.64. The van der Waals surface area contributed by atoms with Crippen molar-refractivity contribution in [3.05, 3.63) is 54.1 Å². The molecule has 0 aliphatic rings. The number of carboxylic acid groups (broad SMARTS) is 2. The van der Waals surface area contributed by atoms with Gasteiger partial charge in [-0.05, 0) is 24.3 Å². The maximum atomic E-state index is 13.2. The van der Waals surface area contributed by atoms with E-state index in [1.165, 1.54) is 12.5 Å². The molecule has 1 aromatic carbocycles. The van der Waals surface area contributed by atoms with Gasteiger partial charge in [0.25, 0.3) is 0 Å². The topological polar surface area (TPSA) is 217 Å². The number of amides is 3. The fourth-order valence-electron chi connectivity index (χ4n) is 3.64. The number of nitrogens with zero attached hydrogens (tertiary/aromatic N) is 1. The summed E-state index contributed by atoms with van der Waals surface area (Å²) in [7, 11) is 0. The molecule has 0 saturated heterocycles. The van der Waals surface area contributed by atoms with Crippen molar-refractivity contribution < 1.29 is 34.2 Å². The Hall–Kier alpha value is -4.26. The Morgan fingerprint density at radius 2 is 1.58 bits per heavy atom. The first-order valence-electron chi connectivity index (χ1n) is 12.1. The van der Waals surface area contributed by atoms with Crippen molar-refractivity contribution in [2.75, 3.05) is 0 Å². The standard InChI is InChI=1S/C25H34N6O7/c1-14(2)21(31-22(34)17(26)10-15-6-4-3-5-7-15)24(36)30-19(11-16-12-27-13-28-16)23(35)29-18(25(37)38)8-9-20(32)33/h3-7,12-14,17-19,21H,8-11,26H2,1-2H3,(H,27,28)(H,29,35)(H,30,36)(H,31,34)(H,32,33)(H,37,38). The molecule has 0 fully saturated rings. The lowest BCUT2D eigenvalue weighted by atomic mass is 10.0. The van der Waals surface area contributed by atoms with Gasteiger partial charge < -0.3 is 36.9 Å². The molecule has 8 N–H and O–H groups in total. The highest BCUT2D eigenvalue weighted by Gasteiger charge is 2.32. The van der Waals surface area contributed by atoms with Crippen molar-refractivity contribution in [3.8, 4) is 0 Å². The first-order chi connectivity index (χ1) is 18.0. The number of benzene rings is 1. The number of hydrogen-bond donors (Lipinski definition) is 7. The highest BCUT2D eigenvalue weighted by molar-refractivity contribution is 5.94. The van der Waals surface area contributed by atoms with Crippen LogP contribution in [0.15, 0.2) is 42.9 Å². The Bertz CT molecular complexity index is 1090. The molecule has 4 atom stereocenters. The number of aliphatic carboxylic acids is 2. The van der Waals surface area contributed by atoms with Gasteiger partial charge in [0.1, 0.15) is 18.1 Å². The second kappa shape index (κ2) is 14.5.